The summed E-state index contributed by atoms with van der Waals surface area (Å²) in [6, 6.07) is 4.44. The Morgan fingerprint density at radius 1 is 1.56 bits per heavy atom. The van der Waals surface area contributed by atoms with E-state index in [-0.39, 0.29) is 5.56 Å². The van der Waals surface area contributed by atoms with E-state index < -0.39 is 0 Å². The summed E-state index contributed by atoms with van der Waals surface area (Å²) in [7, 11) is 1.64. The molecule has 0 aromatic carbocycles. The van der Waals surface area contributed by atoms with Gasteiger partial charge in [0.25, 0.3) is 5.56 Å². The normalized spacial score (nSPS) is 15.3. The van der Waals surface area contributed by atoms with Crippen LogP contribution >= 0.6 is 0 Å². The number of rotatable bonds is 6. The molecule has 4 heteroatoms. The standard InChI is InChI=1S/C12H18N2O2/c1-16-8-7-14-6-2-3-10(12(14)15)9-13-11-4-5-11/h2-3,6,11,13H,4-5,7-9H2,1H3. The molecule has 1 fully saturated rings. The summed E-state index contributed by atoms with van der Waals surface area (Å²) in [6.45, 7) is 1.86. The number of aromatic nitrogens is 1. The van der Waals surface area contributed by atoms with Crippen LogP contribution in [0, 0.1) is 0 Å². The molecule has 1 N–H and O–H groups in total. The quantitative estimate of drug-likeness (QED) is 0.772. The summed E-state index contributed by atoms with van der Waals surface area (Å²) in [5.74, 6) is 0. The third-order valence-corrected chi connectivity index (χ3v) is 2.79. The number of methoxy groups -OCH3 is 1. The van der Waals surface area contributed by atoms with Crippen molar-refractivity contribution in [1.82, 2.24) is 9.88 Å². The molecule has 1 aliphatic carbocycles. The maximum Gasteiger partial charge on any atom is 0.255 e. The number of ether oxygens (including phenoxy) is 1. The molecule has 1 heterocycles. The highest BCUT2D eigenvalue weighted by molar-refractivity contribution is 5.10. The van der Waals surface area contributed by atoms with Crippen LogP contribution in [0.1, 0.15) is 18.4 Å². The van der Waals surface area contributed by atoms with Gasteiger partial charge in [-0.05, 0) is 18.9 Å². The first-order valence-corrected chi connectivity index (χ1v) is 5.72. The number of nitrogens with zero attached hydrogens (tertiary/aromatic N) is 1. The molecule has 88 valence electrons. The van der Waals surface area contributed by atoms with Crippen LogP contribution in [0.25, 0.3) is 0 Å². The van der Waals surface area contributed by atoms with Gasteiger partial charge in [-0.1, -0.05) is 6.07 Å². The second-order valence-corrected chi connectivity index (χ2v) is 4.18. The summed E-state index contributed by atoms with van der Waals surface area (Å²) in [4.78, 5) is 12.0. The van der Waals surface area contributed by atoms with Crippen LogP contribution in [0.3, 0.4) is 0 Å². The van der Waals surface area contributed by atoms with Crippen LogP contribution in [0.15, 0.2) is 23.1 Å². The summed E-state index contributed by atoms with van der Waals surface area (Å²) in [5, 5.41) is 3.35. The lowest BCUT2D eigenvalue weighted by Gasteiger charge is -2.07. The first-order chi connectivity index (χ1) is 7.81. The Bertz CT molecular complexity index is 396. The highest BCUT2D eigenvalue weighted by Gasteiger charge is 2.20. The van der Waals surface area contributed by atoms with Gasteiger partial charge in [-0.15, -0.1) is 0 Å². The highest BCUT2D eigenvalue weighted by Crippen LogP contribution is 2.18. The van der Waals surface area contributed by atoms with Gasteiger partial charge >= 0.3 is 0 Å². The molecule has 16 heavy (non-hydrogen) atoms. The van der Waals surface area contributed by atoms with Crippen LogP contribution in [0.2, 0.25) is 0 Å². The van der Waals surface area contributed by atoms with E-state index in [4.69, 9.17) is 4.74 Å². The van der Waals surface area contributed by atoms with E-state index in [2.05, 4.69) is 5.32 Å². The maximum absolute atomic E-state index is 12.0. The van der Waals surface area contributed by atoms with Gasteiger partial charge in [0.15, 0.2) is 0 Å². The molecule has 2 rings (SSSR count). The smallest absolute Gasteiger partial charge is 0.255 e. The second kappa shape index (κ2) is 5.27. The van der Waals surface area contributed by atoms with Crippen molar-refractivity contribution in [3.05, 3.63) is 34.2 Å². The fourth-order valence-electron chi connectivity index (χ4n) is 1.63. The van der Waals surface area contributed by atoms with E-state index >= 15 is 0 Å². The molecule has 1 aromatic heterocycles. The molecule has 0 amide bonds. The van der Waals surface area contributed by atoms with Crippen LogP contribution in [0.4, 0.5) is 0 Å². The van der Waals surface area contributed by atoms with Crippen molar-refractivity contribution in [2.45, 2.75) is 32.0 Å². The molecular weight excluding hydrogens is 204 g/mol. The predicted molar refractivity (Wildman–Crippen MR) is 62.4 cm³/mol. The molecule has 0 atom stereocenters. The number of hydrogen-bond acceptors (Lipinski definition) is 3. The number of pyridine rings is 1. The van der Waals surface area contributed by atoms with Crippen molar-refractivity contribution < 1.29 is 4.74 Å². The van der Waals surface area contributed by atoms with Gasteiger partial charge in [0.05, 0.1) is 6.61 Å². The average Bonchev–Trinajstić information content (AvgIpc) is 3.10. The zero-order valence-electron chi connectivity index (χ0n) is 9.61. The SMILES string of the molecule is COCCn1cccc(CNC2CC2)c1=O. The molecular formula is C12H18N2O2. The van der Waals surface area contributed by atoms with E-state index in [9.17, 15) is 4.79 Å². The van der Waals surface area contributed by atoms with Gasteiger partial charge in [0.2, 0.25) is 0 Å². The first kappa shape index (κ1) is 11.4. The Morgan fingerprint density at radius 3 is 3.06 bits per heavy atom. The lowest BCUT2D eigenvalue weighted by Crippen LogP contribution is -2.28. The van der Waals surface area contributed by atoms with Crippen molar-refractivity contribution in [3.8, 4) is 0 Å². The van der Waals surface area contributed by atoms with Gasteiger partial charge in [0.1, 0.15) is 0 Å². The van der Waals surface area contributed by atoms with Gasteiger partial charge in [-0.3, -0.25) is 4.79 Å². The Balaban J connectivity index is 2.02. The lowest BCUT2D eigenvalue weighted by molar-refractivity contribution is 0.186. The van der Waals surface area contributed by atoms with E-state index in [1.165, 1.54) is 12.8 Å². The molecule has 0 bridgehead atoms. The maximum atomic E-state index is 12.0. The molecule has 0 radical (unpaired) electrons. The third kappa shape index (κ3) is 2.93. The van der Waals surface area contributed by atoms with Crippen LogP contribution in [-0.2, 0) is 17.8 Å². The Hall–Kier alpha value is -1.13. The molecule has 0 unspecified atom stereocenters. The molecule has 4 nitrogen and oxygen atoms in total. The summed E-state index contributed by atoms with van der Waals surface area (Å²) < 4.78 is 6.68. The Labute approximate surface area is 95.2 Å². The Kier molecular flexibility index (Phi) is 3.74. The highest BCUT2D eigenvalue weighted by atomic mass is 16.5. The lowest BCUT2D eigenvalue weighted by atomic mass is 10.2. The van der Waals surface area contributed by atoms with Crippen molar-refractivity contribution in [1.29, 1.82) is 0 Å². The third-order valence-electron chi connectivity index (χ3n) is 2.79. The van der Waals surface area contributed by atoms with Crippen molar-refractivity contribution in [2.24, 2.45) is 0 Å². The van der Waals surface area contributed by atoms with Gasteiger partial charge in [-0.2, -0.15) is 0 Å². The first-order valence-electron chi connectivity index (χ1n) is 5.72. The topological polar surface area (TPSA) is 43.3 Å². The van der Waals surface area contributed by atoms with Crippen LogP contribution < -0.4 is 10.9 Å². The van der Waals surface area contributed by atoms with Gasteiger partial charge < -0.3 is 14.6 Å². The second-order valence-electron chi connectivity index (χ2n) is 4.18. The number of hydrogen-bond donors (Lipinski definition) is 1. The minimum Gasteiger partial charge on any atom is -0.383 e. The predicted octanol–water partition coefficient (Wildman–Crippen LogP) is 0.747. The van der Waals surface area contributed by atoms with Crippen molar-refractivity contribution in [2.75, 3.05) is 13.7 Å². The monoisotopic (exact) mass is 222 g/mol. The molecule has 0 aliphatic heterocycles. The van der Waals surface area contributed by atoms with Crippen LogP contribution in [0.5, 0.6) is 0 Å². The van der Waals surface area contributed by atoms with Crippen molar-refractivity contribution >= 4 is 0 Å². The summed E-state index contributed by atoms with van der Waals surface area (Å²) >= 11 is 0. The molecule has 1 aliphatic rings. The average molecular weight is 222 g/mol. The van der Waals surface area contributed by atoms with Crippen molar-refractivity contribution in [3.63, 3.8) is 0 Å². The largest absolute Gasteiger partial charge is 0.383 e. The van der Waals surface area contributed by atoms with E-state index in [1.807, 2.05) is 18.3 Å². The summed E-state index contributed by atoms with van der Waals surface area (Å²) in [6.07, 6.45) is 4.29. The van der Waals surface area contributed by atoms with E-state index in [0.717, 1.165) is 5.56 Å². The fraction of sp³-hybridized carbons (Fsp3) is 0.583. The fourth-order valence-corrected chi connectivity index (χ4v) is 1.63. The Morgan fingerprint density at radius 2 is 2.38 bits per heavy atom. The van der Waals surface area contributed by atoms with Gasteiger partial charge in [-0.25, -0.2) is 0 Å². The van der Waals surface area contributed by atoms with E-state index in [1.54, 1.807) is 11.7 Å². The molecule has 0 spiro atoms. The molecule has 1 aromatic rings. The van der Waals surface area contributed by atoms with Crippen LogP contribution in [-0.4, -0.2) is 24.3 Å². The zero-order valence-corrected chi connectivity index (χ0v) is 9.61. The summed E-state index contributed by atoms with van der Waals surface area (Å²) in [5.41, 5.74) is 0.929. The minimum absolute atomic E-state index is 0.0905. The molecule has 0 saturated heterocycles. The minimum atomic E-state index is 0.0905. The van der Waals surface area contributed by atoms with E-state index in [0.29, 0.717) is 25.7 Å². The van der Waals surface area contributed by atoms with Gasteiger partial charge in [0, 0.05) is 38.0 Å². The molecule has 1 saturated carbocycles. The zero-order chi connectivity index (χ0) is 11.4. The number of nitrogens with one attached hydrogen (secondary N) is 1.